The molecule has 3 unspecified atom stereocenters. The smallest absolute Gasteiger partial charge is 0.317 e. The molecule has 7 fully saturated rings. The van der Waals surface area contributed by atoms with Crippen molar-refractivity contribution in [2.75, 3.05) is 0 Å². The molecule has 5 aliphatic carbocycles. The summed E-state index contributed by atoms with van der Waals surface area (Å²) in [6.07, 6.45) is 4.27. The number of carbonyl (C=O) groups excluding carboxylic acids is 5. The minimum Gasteiger partial charge on any atom is -0.393 e. The number of hydrogen-bond donors (Lipinski definition) is 0. The van der Waals surface area contributed by atoms with Crippen LogP contribution in [0.3, 0.4) is 0 Å². The monoisotopic (exact) mass is 384 g/mol. The summed E-state index contributed by atoms with van der Waals surface area (Å²) in [5.41, 5.74) is -1.11. The van der Waals surface area contributed by atoms with Crippen molar-refractivity contribution >= 4 is 29.7 Å². The van der Waals surface area contributed by atoms with E-state index in [-0.39, 0.29) is 41.3 Å². The Morgan fingerprint density at radius 2 is 1.00 bits per heavy atom. The number of esters is 4. The third kappa shape index (κ3) is 1.40. The van der Waals surface area contributed by atoms with Gasteiger partial charge in [0.2, 0.25) is 0 Å². The van der Waals surface area contributed by atoms with Gasteiger partial charge in [-0.15, -0.1) is 0 Å². The molecule has 2 aliphatic heterocycles. The predicted octanol–water partition coefficient (Wildman–Crippen LogP) is 1.03. The molecule has 0 N–H and O–H groups in total. The van der Waals surface area contributed by atoms with E-state index in [0.717, 1.165) is 25.7 Å². The lowest BCUT2D eigenvalue weighted by molar-refractivity contribution is -0.156. The first-order valence-electron chi connectivity index (χ1n) is 10.4. The zero-order valence-corrected chi connectivity index (χ0v) is 15.2. The Bertz CT molecular complexity index is 850. The maximum atomic E-state index is 14.0. The molecule has 28 heavy (non-hydrogen) atoms. The van der Waals surface area contributed by atoms with E-state index in [2.05, 4.69) is 0 Å². The van der Waals surface area contributed by atoms with Crippen molar-refractivity contribution in [3.05, 3.63) is 0 Å². The minimum atomic E-state index is -0.554. The lowest BCUT2D eigenvalue weighted by Gasteiger charge is -2.41. The van der Waals surface area contributed by atoms with E-state index in [1.807, 2.05) is 0 Å². The van der Waals surface area contributed by atoms with Gasteiger partial charge in [0.1, 0.15) is 5.78 Å². The Labute approximate surface area is 160 Å². The van der Waals surface area contributed by atoms with E-state index in [1.54, 1.807) is 0 Å². The fourth-order valence-electron chi connectivity index (χ4n) is 9.16. The fourth-order valence-corrected chi connectivity index (χ4v) is 9.16. The van der Waals surface area contributed by atoms with Crippen LogP contribution in [0.4, 0.5) is 0 Å². The van der Waals surface area contributed by atoms with Crippen LogP contribution in [0, 0.1) is 58.2 Å². The van der Waals surface area contributed by atoms with Crippen LogP contribution in [-0.2, 0) is 33.4 Å². The summed E-state index contributed by atoms with van der Waals surface area (Å²) in [6, 6.07) is 0. The molecule has 2 saturated heterocycles. The van der Waals surface area contributed by atoms with Gasteiger partial charge in [-0.05, 0) is 62.2 Å². The molecule has 0 aromatic carbocycles. The summed E-state index contributed by atoms with van der Waals surface area (Å²) in [5, 5.41) is 0. The zero-order valence-electron chi connectivity index (χ0n) is 15.2. The Kier molecular flexibility index (Phi) is 2.49. The van der Waals surface area contributed by atoms with E-state index in [4.69, 9.17) is 9.47 Å². The average Bonchev–Trinajstić information content (AvgIpc) is 3.46. The molecule has 2 heterocycles. The van der Waals surface area contributed by atoms with Crippen molar-refractivity contribution in [2.24, 2.45) is 58.2 Å². The summed E-state index contributed by atoms with van der Waals surface area (Å²) in [4.78, 5) is 62.8. The van der Waals surface area contributed by atoms with E-state index < -0.39 is 46.5 Å². The van der Waals surface area contributed by atoms with Gasteiger partial charge in [0.15, 0.2) is 0 Å². The second kappa shape index (κ2) is 4.41. The summed E-state index contributed by atoms with van der Waals surface area (Å²) >= 11 is 0. The van der Waals surface area contributed by atoms with Gasteiger partial charge in [0.25, 0.3) is 0 Å². The first-order chi connectivity index (χ1) is 13.4. The van der Waals surface area contributed by atoms with Crippen LogP contribution < -0.4 is 0 Å². The number of hydrogen-bond acceptors (Lipinski definition) is 7. The van der Waals surface area contributed by atoms with Gasteiger partial charge in [-0.2, -0.15) is 0 Å². The van der Waals surface area contributed by atoms with E-state index in [9.17, 15) is 24.0 Å². The van der Waals surface area contributed by atoms with E-state index in [0.29, 0.717) is 12.8 Å². The van der Waals surface area contributed by atoms with Gasteiger partial charge in [0.05, 0.1) is 23.7 Å². The highest BCUT2D eigenvalue weighted by molar-refractivity contribution is 6.02. The number of Topliss-reactive ketones (excluding diaryl/α,β-unsaturated/α-hetero) is 1. The molecule has 4 bridgehead atoms. The molecule has 10 atom stereocenters. The lowest BCUT2D eigenvalue weighted by atomic mass is 9.58. The van der Waals surface area contributed by atoms with Crippen molar-refractivity contribution in [2.45, 2.75) is 38.5 Å². The molecule has 7 nitrogen and oxygen atoms in total. The maximum Gasteiger partial charge on any atom is 0.317 e. The molecule has 0 aromatic rings. The Balaban J connectivity index is 1.27. The summed E-state index contributed by atoms with van der Waals surface area (Å²) < 4.78 is 9.82. The molecule has 0 aromatic heterocycles. The van der Waals surface area contributed by atoms with Crippen molar-refractivity contribution in [3.8, 4) is 0 Å². The maximum absolute atomic E-state index is 14.0. The minimum absolute atomic E-state index is 0.0532. The van der Waals surface area contributed by atoms with Crippen molar-refractivity contribution in [1.82, 2.24) is 0 Å². The number of fused-ring (bicyclic) bond motifs is 12. The lowest BCUT2D eigenvalue weighted by Crippen LogP contribution is -2.48. The van der Waals surface area contributed by atoms with Crippen LogP contribution >= 0.6 is 0 Å². The van der Waals surface area contributed by atoms with Crippen molar-refractivity contribution in [3.63, 3.8) is 0 Å². The Hall–Kier alpha value is -2.05. The van der Waals surface area contributed by atoms with E-state index >= 15 is 0 Å². The molecule has 0 amide bonds. The fraction of sp³-hybridized carbons (Fsp3) is 0.762. The van der Waals surface area contributed by atoms with Crippen LogP contribution in [0.25, 0.3) is 0 Å². The predicted molar refractivity (Wildman–Crippen MR) is 87.7 cm³/mol. The highest BCUT2D eigenvalue weighted by Gasteiger charge is 2.78. The molecular formula is C21H20O7. The summed E-state index contributed by atoms with van der Waals surface area (Å²) in [5.74, 6) is -3.28. The van der Waals surface area contributed by atoms with Crippen LogP contribution in [0.5, 0.6) is 0 Å². The third-order valence-corrected chi connectivity index (χ3v) is 9.85. The molecular weight excluding hydrogens is 364 g/mol. The molecule has 7 aliphatic rings. The topological polar surface area (TPSA) is 104 Å². The first kappa shape index (κ1) is 15.8. The third-order valence-electron chi connectivity index (χ3n) is 9.85. The van der Waals surface area contributed by atoms with Gasteiger partial charge in [-0.25, -0.2) is 0 Å². The highest BCUT2D eigenvalue weighted by Crippen LogP contribution is 2.75. The number of ether oxygens (including phenoxy) is 2. The summed E-state index contributed by atoms with van der Waals surface area (Å²) in [7, 11) is 0. The first-order valence-corrected chi connectivity index (χ1v) is 10.4. The highest BCUT2D eigenvalue weighted by atomic mass is 16.6. The van der Waals surface area contributed by atoms with Crippen LogP contribution in [0.15, 0.2) is 0 Å². The second-order valence-electron chi connectivity index (χ2n) is 10.3. The molecule has 0 radical (unpaired) electrons. The quantitative estimate of drug-likeness (QED) is 0.454. The van der Waals surface area contributed by atoms with E-state index in [1.165, 1.54) is 0 Å². The number of rotatable bonds is 0. The van der Waals surface area contributed by atoms with Gasteiger partial charge in [-0.1, -0.05) is 0 Å². The van der Waals surface area contributed by atoms with Gasteiger partial charge in [-0.3, -0.25) is 24.0 Å². The Morgan fingerprint density at radius 3 is 1.43 bits per heavy atom. The second-order valence-corrected chi connectivity index (χ2v) is 10.3. The van der Waals surface area contributed by atoms with Crippen LogP contribution in [0.2, 0.25) is 0 Å². The molecule has 2 spiro atoms. The zero-order chi connectivity index (χ0) is 19.2. The standard InChI is InChI=1S/C21H20O7/c22-15-11-7-3-9(13(11)17(24)27-15)20(5-7)1-2-21(19(20)26)6-8-4-10(21)14-12(8)16(23)28-18(14)25/h7-14H,1-6H2/t7-,8?,9-,10+,11?,12+,13+,14?,20-,21+/m1/s1. The molecule has 146 valence electrons. The van der Waals surface area contributed by atoms with Crippen LogP contribution in [0.1, 0.15) is 38.5 Å². The largest absolute Gasteiger partial charge is 0.393 e. The van der Waals surface area contributed by atoms with Gasteiger partial charge >= 0.3 is 23.9 Å². The normalized spacial score (nSPS) is 57.6. The van der Waals surface area contributed by atoms with Crippen molar-refractivity contribution in [1.29, 1.82) is 0 Å². The Morgan fingerprint density at radius 1 is 0.607 bits per heavy atom. The number of carbonyl (C=O) groups is 5. The van der Waals surface area contributed by atoms with Gasteiger partial charge in [0, 0.05) is 10.8 Å². The summed E-state index contributed by atoms with van der Waals surface area (Å²) in [6.45, 7) is 0. The van der Waals surface area contributed by atoms with Crippen LogP contribution in [-0.4, -0.2) is 29.7 Å². The molecule has 5 saturated carbocycles. The SMILES string of the molecule is O=C1OC(=O)[C@@H]2C1[C@@H]1C[C@H]2[C@@]2(CC[C@@]3(CC4C[C@H]3C3C(=O)OC(=O)[C@@H]43)C2=O)C1. The molecule has 7 heteroatoms. The van der Waals surface area contributed by atoms with Gasteiger partial charge < -0.3 is 9.47 Å². The number of cyclic esters (lactones) is 4. The van der Waals surface area contributed by atoms with Crippen molar-refractivity contribution < 1.29 is 33.4 Å². The molecule has 7 rings (SSSR count). The number of ketones is 1. The average molecular weight is 384 g/mol.